The van der Waals surface area contributed by atoms with E-state index in [9.17, 15) is 9.59 Å². The van der Waals surface area contributed by atoms with Gasteiger partial charge in [-0.3, -0.25) is 14.5 Å². The molecule has 3 rings (SSSR count). The van der Waals surface area contributed by atoms with Crippen molar-refractivity contribution in [3.63, 3.8) is 0 Å². The summed E-state index contributed by atoms with van der Waals surface area (Å²) in [7, 11) is 0. The van der Waals surface area contributed by atoms with Crippen molar-refractivity contribution in [3.8, 4) is 0 Å². The van der Waals surface area contributed by atoms with Gasteiger partial charge in [0.15, 0.2) is 0 Å². The molecule has 152 valence electrons. The number of halogens is 2. The minimum absolute atomic E-state index is 0. The molecule has 0 saturated carbocycles. The van der Waals surface area contributed by atoms with Gasteiger partial charge in [-0.05, 0) is 42.6 Å². The number of likely N-dealkylation sites (tertiary alicyclic amines) is 1. The van der Waals surface area contributed by atoms with Crippen LogP contribution < -0.4 is 16.8 Å². The molecule has 0 bridgehead atoms. The fourth-order valence-electron chi connectivity index (χ4n) is 3.35. The van der Waals surface area contributed by atoms with Crippen LogP contribution in [0, 0.1) is 0 Å². The number of amides is 2. The van der Waals surface area contributed by atoms with Crippen molar-refractivity contribution in [1.29, 1.82) is 0 Å². The third-order valence-corrected chi connectivity index (χ3v) is 4.71. The van der Waals surface area contributed by atoms with Crippen molar-refractivity contribution in [3.05, 3.63) is 65.7 Å². The average molecular weight is 425 g/mol. The standard InChI is InChI=1S/C20H24N4O2.2ClH/c21-18(15-7-2-1-3-8-15)20(26)23-16-9-4-6-14(12-16)13-24-11-5-10-17(24)19(22)25;;/h1-4,6-9,12,17-18H,5,10-11,13,21H2,(H2,22,25)(H,23,26);2*1H. The van der Waals surface area contributed by atoms with Crippen LogP contribution in [-0.2, 0) is 16.1 Å². The second kappa shape index (κ2) is 11.0. The molecule has 0 spiro atoms. The molecule has 2 aromatic rings. The molecule has 1 aliphatic rings. The maximum Gasteiger partial charge on any atom is 0.245 e. The lowest BCUT2D eigenvalue weighted by Crippen LogP contribution is -2.39. The van der Waals surface area contributed by atoms with Gasteiger partial charge in [-0.25, -0.2) is 0 Å². The van der Waals surface area contributed by atoms with Crippen LogP contribution in [-0.4, -0.2) is 29.3 Å². The lowest BCUT2D eigenvalue weighted by atomic mass is 10.1. The first kappa shape index (κ1) is 23.9. The molecule has 2 aromatic carbocycles. The molecule has 1 saturated heterocycles. The first-order valence-corrected chi connectivity index (χ1v) is 8.78. The summed E-state index contributed by atoms with van der Waals surface area (Å²) < 4.78 is 0. The molecule has 1 aliphatic heterocycles. The van der Waals surface area contributed by atoms with E-state index in [0.29, 0.717) is 12.2 Å². The maximum atomic E-state index is 12.4. The number of benzene rings is 2. The van der Waals surface area contributed by atoms with E-state index in [0.717, 1.165) is 30.5 Å². The Morgan fingerprint density at radius 3 is 2.50 bits per heavy atom. The average Bonchev–Trinajstić information content (AvgIpc) is 3.10. The van der Waals surface area contributed by atoms with E-state index in [4.69, 9.17) is 11.5 Å². The van der Waals surface area contributed by atoms with Gasteiger partial charge in [-0.1, -0.05) is 42.5 Å². The number of primary amides is 1. The molecular weight excluding hydrogens is 399 g/mol. The van der Waals surface area contributed by atoms with Gasteiger partial charge in [0.1, 0.15) is 6.04 Å². The molecule has 1 fully saturated rings. The monoisotopic (exact) mass is 424 g/mol. The number of nitrogens with zero attached hydrogens (tertiary/aromatic N) is 1. The highest BCUT2D eigenvalue weighted by molar-refractivity contribution is 5.95. The Hall–Kier alpha value is -2.12. The third kappa shape index (κ3) is 5.94. The van der Waals surface area contributed by atoms with Crippen LogP contribution in [0.5, 0.6) is 0 Å². The van der Waals surface area contributed by atoms with Gasteiger partial charge >= 0.3 is 0 Å². The second-order valence-electron chi connectivity index (χ2n) is 6.61. The maximum absolute atomic E-state index is 12.4. The van der Waals surface area contributed by atoms with E-state index < -0.39 is 6.04 Å². The number of carbonyl (C=O) groups is 2. The van der Waals surface area contributed by atoms with E-state index in [1.54, 1.807) is 0 Å². The molecule has 28 heavy (non-hydrogen) atoms. The van der Waals surface area contributed by atoms with Crippen LogP contribution in [0.2, 0.25) is 0 Å². The molecule has 5 N–H and O–H groups in total. The van der Waals surface area contributed by atoms with Crippen LogP contribution >= 0.6 is 24.8 Å². The summed E-state index contributed by atoms with van der Waals surface area (Å²) in [5.41, 5.74) is 14.0. The number of nitrogens with one attached hydrogen (secondary N) is 1. The summed E-state index contributed by atoms with van der Waals surface area (Å²) in [5, 5.41) is 2.87. The summed E-state index contributed by atoms with van der Waals surface area (Å²) in [5.74, 6) is -0.537. The summed E-state index contributed by atoms with van der Waals surface area (Å²) in [6.45, 7) is 1.48. The molecule has 0 radical (unpaired) electrons. The highest BCUT2D eigenvalue weighted by Crippen LogP contribution is 2.21. The lowest BCUT2D eigenvalue weighted by molar-refractivity contribution is -0.122. The van der Waals surface area contributed by atoms with Crippen LogP contribution in [0.4, 0.5) is 5.69 Å². The van der Waals surface area contributed by atoms with Gasteiger partial charge in [-0.2, -0.15) is 0 Å². The van der Waals surface area contributed by atoms with Crippen LogP contribution in [0.25, 0.3) is 0 Å². The molecule has 8 heteroatoms. The minimum Gasteiger partial charge on any atom is -0.368 e. The number of anilines is 1. The smallest absolute Gasteiger partial charge is 0.245 e. The molecule has 6 nitrogen and oxygen atoms in total. The van der Waals surface area contributed by atoms with Crippen molar-refractivity contribution in [1.82, 2.24) is 4.90 Å². The van der Waals surface area contributed by atoms with Crippen molar-refractivity contribution >= 4 is 42.3 Å². The normalized spacial score (nSPS) is 17.1. The Bertz CT molecular complexity index is 789. The van der Waals surface area contributed by atoms with E-state index in [1.807, 2.05) is 54.6 Å². The van der Waals surface area contributed by atoms with Gasteiger partial charge in [-0.15, -0.1) is 24.8 Å². The highest BCUT2D eigenvalue weighted by atomic mass is 35.5. The van der Waals surface area contributed by atoms with Gasteiger partial charge < -0.3 is 16.8 Å². The van der Waals surface area contributed by atoms with Crippen molar-refractivity contribution < 1.29 is 9.59 Å². The first-order valence-electron chi connectivity index (χ1n) is 8.78. The largest absolute Gasteiger partial charge is 0.368 e. The highest BCUT2D eigenvalue weighted by Gasteiger charge is 2.28. The quantitative estimate of drug-likeness (QED) is 0.662. The van der Waals surface area contributed by atoms with E-state index in [-0.39, 0.29) is 42.7 Å². The zero-order chi connectivity index (χ0) is 18.5. The van der Waals surface area contributed by atoms with Gasteiger partial charge in [0, 0.05) is 12.2 Å². The predicted octanol–water partition coefficient (Wildman–Crippen LogP) is 2.62. The number of hydrogen-bond donors (Lipinski definition) is 3. The van der Waals surface area contributed by atoms with Gasteiger partial charge in [0.05, 0.1) is 6.04 Å². The number of carbonyl (C=O) groups excluding carboxylic acids is 2. The number of hydrogen-bond acceptors (Lipinski definition) is 4. The van der Waals surface area contributed by atoms with Crippen molar-refractivity contribution in [2.45, 2.75) is 31.5 Å². The van der Waals surface area contributed by atoms with E-state index in [1.165, 1.54) is 0 Å². The summed E-state index contributed by atoms with van der Waals surface area (Å²) in [6, 6.07) is 15.9. The molecule has 2 amide bonds. The Kier molecular flexibility index (Phi) is 9.41. The Balaban J connectivity index is 0.00000196. The SMILES string of the molecule is Cl.Cl.NC(=O)C1CCCN1Cc1cccc(NC(=O)C(N)c2ccccc2)c1. The van der Waals surface area contributed by atoms with Crippen LogP contribution in [0.3, 0.4) is 0 Å². The van der Waals surface area contributed by atoms with E-state index >= 15 is 0 Å². The zero-order valence-corrected chi connectivity index (χ0v) is 17.0. The Morgan fingerprint density at radius 1 is 1.11 bits per heavy atom. The molecule has 0 aromatic heterocycles. The molecule has 2 unspecified atom stereocenters. The molecule has 1 heterocycles. The van der Waals surface area contributed by atoms with Gasteiger partial charge in [0.25, 0.3) is 0 Å². The molecular formula is C20H26Cl2N4O2. The molecule has 0 aliphatic carbocycles. The van der Waals surface area contributed by atoms with Crippen molar-refractivity contribution in [2.75, 3.05) is 11.9 Å². The van der Waals surface area contributed by atoms with Crippen LogP contribution in [0.15, 0.2) is 54.6 Å². The number of nitrogens with two attached hydrogens (primary N) is 2. The fraction of sp³-hybridized carbons (Fsp3) is 0.300. The molecule has 2 atom stereocenters. The van der Waals surface area contributed by atoms with Crippen LogP contribution in [0.1, 0.15) is 30.0 Å². The van der Waals surface area contributed by atoms with E-state index in [2.05, 4.69) is 10.2 Å². The fourth-order valence-corrected chi connectivity index (χ4v) is 3.35. The zero-order valence-electron chi connectivity index (χ0n) is 15.4. The summed E-state index contributed by atoms with van der Waals surface area (Å²) >= 11 is 0. The van der Waals surface area contributed by atoms with Crippen molar-refractivity contribution in [2.24, 2.45) is 11.5 Å². The number of rotatable bonds is 6. The second-order valence-corrected chi connectivity index (χ2v) is 6.61. The summed E-state index contributed by atoms with van der Waals surface area (Å²) in [6.07, 6.45) is 1.77. The topological polar surface area (TPSA) is 101 Å². The minimum atomic E-state index is -0.724. The summed E-state index contributed by atoms with van der Waals surface area (Å²) in [4.78, 5) is 26.0. The first-order chi connectivity index (χ1) is 12.5. The van der Waals surface area contributed by atoms with Gasteiger partial charge in [0.2, 0.25) is 11.8 Å². The Labute approximate surface area is 177 Å². The third-order valence-electron chi connectivity index (χ3n) is 4.71. The predicted molar refractivity (Wildman–Crippen MR) is 116 cm³/mol. The Morgan fingerprint density at radius 2 is 1.82 bits per heavy atom. The lowest BCUT2D eigenvalue weighted by Gasteiger charge is -2.22.